The van der Waals surface area contributed by atoms with Gasteiger partial charge in [-0.25, -0.2) is 8.78 Å². The normalized spacial score (nSPS) is 18.3. The minimum absolute atomic E-state index is 0.147. The zero-order chi connectivity index (χ0) is 12.7. The first kappa shape index (κ1) is 11.3. The molecule has 2 heterocycles. The van der Waals surface area contributed by atoms with Gasteiger partial charge in [0.15, 0.2) is 11.6 Å². The fourth-order valence-corrected chi connectivity index (χ4v) is 3.19. The van der Waals surface area contributed by atoms with Gasteiger partial charge in [-0.1, -0.05) is 12.1 Å². The van der Waals surface area contributed by atoms with Crippen molar-refractivity contribution in [1.82, 2.24) is 0 Å². The number of fused-ring (bicyclic) bond motifs is 1. The first-order chi connectivity index (χ1) is 8.66. The van der Waals surface area contributed by atoms with Crippen LogP contribution in [0.1, 0.15) is 22.8 Å². The standard InChI is InChI=1S/C13H9F2NOS/c14-9-3-1-2-7(12(9)15)8-6-11(17)16-10-4-5-18-13(8)10/h1-5,8H,6H2,(H,16,17)/t8-/m1/s1. The molecule has 0 spiro atoms. The third-order valence-electron chi connectivity index (χ3n) is 3.03. The third kappa shape index (κ3) is 1.71. The summed E-state index contributed by atoms with van der Waals surface area (Å²) >= 11 is 1.44. The summed E-state index contributed by atoms with van der Waals surface area (Å²) in [7, 11) is 0. The van der Waals surface area contributed by atoms with Gasteiger partial charge in [-0.3, -0.25) is 4.79 Å². The molecule has 1 aromatic carbocycles. The molecule has 1 amide bonds. The lowest BCUT2D eigenvalue weighted by molar-refractivity contribution is -0.116. The van der Waals surface area contributed by atoms with Crippen LogP contribution in [0.3, 0.4) is 0 Å². The molecular formula is C13H9F2NOS. The van der Waals surface area contributed by atoms with E-state index in [-0.39, 0.29) is 17.9 Å². The number of halogens is 2. The van der Waals surface area contributed by atoms with Crippen LogP contribution in [0.5, 0.6) is 0 Å². The Hall–Kier alpha value is -1.75. The Morgan fingerprint density at radius 2 is 2.11 bits per heavy atom. The van der Waals surface area contributed by atoms with Gasteiger partial charge < -0.3 is 5.32 Å². The highest BCUT2D eigenvalue weighted by Gasteiger charge is 2.30. The molecule has 0 aliphatic carbocycles. The van der Waals surface area contributed by atoms with Crippen LogP contribution in [0.2, 0.25) is 0 Å². The number of hydrogen-bond acceptors (Lipinski definition) is 2. The summed E-state index contributed by atoms with van der Waals surface area (Å²) in [5.74, 6) is -2.31. The molecule has 0 unspecified atom stereocenters. The predicted octanol–water partition coefficient (Wildman–Crippen LogP) is 3.50. The molecule has 1 atom stereocenters. The lowest BCUT2D eigenvalue weighted by atomic mass is 9.90. The van der Waals surface area contributed by atoms with Crippen molar-refractivity contribution in [2.24, 2.45) is 0 Å². The van der Waals surface area contributed by atoms with Gasteiger partial charge >= 0.3 is 0 Å². The summed E-state index contributed by atoms with van der Waals surface area (Å²) in [4.78, 5) is 12.5. The number of anilines is 1. The highest BCUT2D eigenvalue weighted by Crippen LogP contribution is 2.41. The Bertz CT molecular complexity index is 623. The van der Waals surface area contributed by atoms with Crippen LogP contribution in [0.25, 0.3) is 0 Å². The molecule has 2 nitrogen and oxygen atoms in total. The monoisotopic (exact) mass is 265 g/mol. The van der Waals surface area contributed by atoms with E-state index < -0.39 is 17.6 Å². The Morgan fingerprint density at radius 1 is 1.28 bits per heavy atom. The summed E-state index contributed by atoms with van der Waals surface area (Å²) in [5.41, 5.74) is 0.943. The smallest absolute Gasteiger partial charge is 0.225 e. The number of thiophene rings is 1. The van der Waals surface area contributed by atoms with Gasteiger partial charge in [-0.2, -0.15) is 0 Å². The molecule has 1 aliphatic rings. The Kier molecular flexibility index (Phi) is 2.63. The molecule has 1 N–H and O–H groups in total. The Morgan fingerprint density at radius 3 is 2.94 bits per heavy atom. The zero-order valence-corrected chi connectivity index (χ0v) is 10.1. The van der Waals surface area contributed by atoms with Crippen molar-refractivity contribution in [3.05, 3.63) is 51.7 Å². The average molecular weight is 265 g/mol. The van der Waals surface area contributed by atoms with E-state index in [9.17, 15) is 13.6 Å². The van der Waals surface area contributed by atoms with E-state index >= 15 is 0 Å². The number of rotatable bonds is 1. The second kappa shape index (κ2) is 4.17. The maximum Gasteiger partial charge on any atom is 0.225 e. The number of carbonyl (C=O) groups excluding carboxylic acids is 1. The van der Waals surface area contributed by atoms with E-state index in [2.05, 4.69) is 5.32 Å². The largest absolute Gasteiger partial charge is 0.325 e. The van der Waals surface area contributed by atoms with E-state index in [1.807, 2.05) is 5.38 Å². The van der Waals surface area contributed by atoms with Gasteiger partial charge in [0.2, 0.25) is 5.91 Å². The summed E-state index contributed by atoms with van der Waals surface area (Å²) in [5, 5.41) is 4.56. The average Bonchev–Trinajstić information content (AvgIpc) is 2.79. The number of amides is 1. The fraction of sp³-hybridized carbons (Fsp3) is 0.154. The van der Waals surface area contributed by atoms with Crippen LogP contribution >= 0.6 is 11.3 Å². The van der Waals surface area contributed by atoms with Crippen molar-refractivity contribution in [2.75, 3.05) is 5.32 Å². The van der Waals surface area contributed by atoms with Crippen molar-refractivity contribution in [1.29, 1.82) is 0 Å². The minimum Gasteiger partial charge on any atom is -0.325 e. The van der Waals surface area contributed by atoms with Crippen molar-refractivity contribution >= 4 is 22.9 Å². The van der Waals surface area contributed by atoms with Crippen LogP contribution in [0, 0.1) is 11.6 Å². The highest BCUT2D eigenvalue weighted by molar-refractivity contribution is 7.10. The molecular weight excluding hydrogens is 256 g/mol. The molecule has 0 radical (unpaired) electrons. The Labute approximate surface area is 106 Å². The van der Waals surface area contributed by atoms with E-state index in [0.717, 1.165) is 10.9 Å². The number of carbonyl (C=O) groups is 1. The quantitative estimate of drug-likeness (QED) is 0.840. The molecule has 2 aromatic rings. The molecule has 0 saturated heterocycles. The molecule has 1 aliphatic heterocycles. The van der Waals surface area contributed by atoms with E-state index in [1.54, 1.807) is 6.07 Å². The van der Waals surface area contributed by atoms with Crippen molar-refractivity contribution in [2.45, 2.75) is 12.3 Å². The van der Waals surface area contributed by atoms with E-state index in [0.29, 0.717) is 5.69 Å². The molecule has 5 heteroatoms. The second-order valence-corrected chi connectivity index (χ2v) is 5.09. The first-order valence-electron chi connectivity index (χ1n) is 5.48. The van der Waals surface area contributed by atoms with Gasteiger partial charge in [0.05, 0.1) is 5.69 Å². The second-order valence-electron chi connectivity index (χ2n) is 4.15. The SMILES string of the molecule is O=C1C[C@H](c2cccc(F)c2F)c2sccc2N1. The van der Waals surface area contributed by atoms with Crippen LogP contribution in [-0.2, 0) is 4.79 Å². The van der Waals surface area contributed by atoms with E-state index in [1.165, 1.54) is 23.5 Å². The topological polar surface area (TPSA) is 29.1 Å². The first-order valence-corrected chi connectivity index (χ1v) is 6.36. The van der Waals surface area contributed by atoms with Gasteiger partial charge in [0, 0.05) is 17.2 Å². The van der Waals surface area contributed by atoms with Crippen LogP contribution in [-0.4, -0.2) is 5.91 Å². The molecule has 3 rings (SSSR count). The molecule has 1 aromatic heterocycles. The van der Waals surface area contributed by atoms with Crippen LogP contribution in [0.15, 0.2) is 29.6 Å². The lowest BCUT2D eigenvalue weighted by Gasteiger charge is -2.23. The maximum absolute atomic E-state index is 13.8. The molecule has 92 valence electrons. The number of nitrogens with one attached hydrogen (secondary N) is 1. The Balaban J connectivity index is 2.13. The summed E-state index contributed by atoms with van der Waals surface area (Å²) in [6.07, 6.45) is 0.147. The van der Waals surface area contributed by atoms with Gasteiger partial charge in [0.25, 0.3) is 0 Å². The van der Waals surface area contributed by atoms with Crippen molar-refractivity contribution in [3.8, 4) is 0 Å². The lowest BCUT2D eigenvalue weighted by Crippen LogP contribution is -2.22. The minimum atomic E-state index is -0.878. The zero-order valence-electron chi connectivity index (χ0n) is 9.24. The van der Waals surface area contributed by atoms with Crippen LogP contribution < -0.4 is 5.32 Å². The maximum atomic E-state index is 13.8. The van der Waals surface area contributed by atoms with Crippen molar-refractivity contribution < 1.29 is 13.6 Å². The van der Waals surface area contributed by atoms with Crippen molar-refractivity contribution in [3.63, 3.8) is 0 Å². The predicted molar refractivity (Wildman–Crippen MR) is 65.8 cm³/mol. The van der Waals surface area contributed by atoms with E-state index in [4.69, 9.17) is 0 Å². The van der Waals surface area contributed by atoms with Gasteiger partial charge in [-0.05, 0) is 23.1 Å². The molecule has 0 bridgehead atoms. The fourth-order valence-electron chi connectivity index (χ4n) is 2.21. The molecule has 0 fully saturated rings. The van der Waals surface area contributed by atoms with Gasteiger partial charge in [0.1, 0.15) is 0 Å². The third-order valence-corrected chi connectivity index (χ3v) is 4.06. The summed E-state index contributed by atoms with van der Waals surface area (Å²) in [6, 6.07) is 5.86. The van der Waals surface area contributed by atoms with Gasteiger partial charge in [-0.15, -0.1) is 11.3 Å². The molecule has 0 saturated carbocycles. The summed E-state index contributed by atoms with van der Waals surface area (Å²) < 4.78 is 27.1. The van der Waals surface area contributed by atoms with Crippen LogP contribution in [0.4, 0.5) is 14.5 Å². The number of benzene rings is 1. The summed E-state index contributed by atoms with van der Waals surface area (Å²) in [6.45, 7) is 0. The molecule has 18 heavy (non-hydrogen) atoms. The highest BCUT2D eigenvalue weighted by atomic mass is 32.1. The number of hydrogen-bond donors (Lipinski definition) is 1.